The van der Waals surface area contributed by atoms with Crippen LogP contribution in [0.2, 0.25) is 0 Å². The largest absolute Gasteiger partial charge is 0.479 e. The molecule has 1 saturated heterocycles. The average molecular weight is 463 g/mol. The predicted molar refractivity (Wildman–Crippen MR) is 106 cm³/mol. The molecule has 5 N–H and O–H groups in total. The van der Waals surface area contributed by atoms with Gasteiger partial charge >= 0.3 is 11.9 Å². The van der Waals surface area contributed by atoms with Crippen molar-refractivity contribution in [3.05, 3.63) is 22.8 Å². The van der Waals surface area contributed by atoms with Gasteiger partial charge in [0.1, 0.15) is 11.7 Å². The molecule has 0 radical (unpaired) electrons. The molecule has 2 aliphatic rings. The Kier molecular flexibility index (Phi) is 5.73. The topological polar surface area (TPSA) is 212 Å². The molecular weight excluding hydrogens is 446 g/mol. The minimum absolute atomic E-state index is 0.00693. The van der Waals surface area contributed by atoms with Crippen molar-refractivity contribution >= 4 is 45.9 Å². The molecule has 1 aromatic rings. The number of nitrogen functional groups attached to an aromatic ring is 1. The van der Waals surface area contributed by atoms with Gasteiger partial charge in [-0.05, 0) is 13.8 Å². The van der Waals surface area contributed by atoms with E-state index in [1.807, 2.05) is 0 Å². The van der Waals surface area contributed by atoms with Crippen molar-refractivity contribution in [2.75, 3.05) is 12.3 Å². The van der Waals surface area contributed by atoms with Crippen LogP contribution in [0, 0.1) is 11.3 Å². The molecule has 168 valence electrons. The van der Waals surface area contributed by atoms with Crippen molar-refractivity contribution in [2.24, 2.45) is 5.16 Å². The van der Waals surface area contributed by atoms with Crippen molar-refractivity contribution in [1.82, 2.24) is 20.3 Å². The summed E-state index contributed by atoms with van der Waals surface area (Å²) in [6.45, 7) is 2.31. The number of carbonyl (C=O) groups is 4. The van der Waals surface area contributed by atoms with Crippen LogP contribution in [0.3, 0.4) is 0 Å². The number of hydrogen-bond donors (Lipinski definition) is 4. The summed E-state index contributed by atoms with van der Waals surface area (Å²) in [6, 6.07) is -0.934. The number of amides is 2. The van der Waals surface area contributed by atoms with E-state index in [1.54, 1.807) is 6.07 Å². The highest BCUT2D eigenvalue weighted by Crippen LogP contribution is 2.28. The second-order valence-electron chi connectivity index (χ2n) is 7.19. The number of anilines is 1. The molecule has 15 heteroatoms. The van der Waals surface area contributed by atoms with Gasteiger partial charge in [-0.15, -0.1) is 11.3 Å². The van der Waals surface area contributed by atoms with E-state index in [0.29, 0.717) is 0 Å². The van der Waals surface area contributed by atoms with Gasteiger partial charge in [-0.1, -0.05) is 5.16 Å². The molecule has 3 rings (SSSR count). The summed E-state index contributed by atoms with van der Waals surface area (Å²) in [5.74, 6) is -4.41. The minimum Gasteiger partial charge on any atom is -0.479 e. The van der Waals surface area contributed by atoms with Crippen molar-refractivity contribution in [3.63, 3.8) is 0 Å². The van der Waals surface area contributed by atoms with Crippen LogP contribution < -0.4 is 11.1 Å². The monoisotopic (exact) mass is 463 g/mol. The van der Waals surface area contributed by atoms with Crippen molar-refractivity contribution < 1.29 is 34.2 Å². The van der Waals surface area contributed by atoms with Crippen LogP contribution >= 0.6 is 11.3 Å². The third-order valence-electron chi connectivity index (χ3n) is 4.53. The Balaban J connectivity index is 1.84. The van der Waals surface area contributed by atoms with Gasteiger partial charge in [0, 0.05) is 11.6 Å². The molecule has 2 aliphatic heterocycles. The number of nitriles is 1. The van der Waals surface area contributed by atoms with E-state index < -0.39 is 47.1 Å². The van der Waals surface area contributed by atoms with E-state index in [9.17, 15) is 29.4 Å². The quantitative estimate of drug-likeness (QED) is 0.276. The fourth-order valence-electron chi connectivity index (χ4n) is 2.85. The molecule has 0 spiro atoms. The molecule has 0 aliphatic carbocycles. The Morgan fingerprint density at radius 1 is 1.44 bits per heavy atom. The Hall–Kier alpha value is -4.19. The zero-order valence-electron chi connectivity index (χ0n) is 16.7. The lowest BCUT2D eigenvalue weighted by molar-refractivity contribution is -0.161. The first-order chi connectivity index (χ1) is 15.0. The maximum absolute atomic E-state index is 12.9. The van der Waals surface area contributed by atoms with E-state index in [2.05, 4.69) is 15.5 Å². The smallest absolute Gasteiger partial charge is 0.350 e. The Labute approximate surface area is 184 Å². The molecule has 1 fully saturated rings. The summed E-state index contributed by atoms with van der Waals surface area (Å²) in [6.07, 6.45) is 1.22. The second kappa shape index (κ2) is 8.15. The zero-order valence-corrected chi connectivity index (χ0v) is 17.5. The number of fused-ring (bicyclic) bond motifs is 1. The number of aliphatic carboxylic acids is 2. The molecular formula is C17H17N7O7S. The number of thiazole rings is 1. The van der Waals surface area contributed by atoms with Crippen LogP contribution in [0.1, 0.15) is 19.5 Å². The molecule has 14 nitrogen and oxygen atoms in total. The van der Waals surface area contributed by atoms with Crippen molar-refractivity contribution in [1.29, 1.82) is 5.26 Å². The third-order valence-corrected chi connectivity index (χ3v) is 5.20. The lowest BCUT2D eigenvalue weighted by Gasteiger charge is -2.23. The van der Waals surface area contributed by atoms with Crippen LogP contribution in [0.5, 0.6) is 0 Å². The number of carbonyl (C=O) groups excluding carboxylic acids is 2. The minimum atomic E-state index is -1.77. The van der Waals surface area contributed by atoms with E-state index in [0.717, 1.165) is 16.3 Å². The van der Waals surface area contributed by atoms with Gasteiger partial charge in [-0.25, -0.2) is 19.6 Å². The standard InChI is InChI=1S/C17H17N7O7S/c1-17(2,15(29)30)31-22-10(9-6-32-16(19)21-9)12(25)20-8-5-23-4-7(3-18)11(14(27)28)24(23)13(8)26/h4,6,8,11H,5H2,1-2H3,(H2,19,21)(H,20,25)(H,27,28)(H,29,30)/b22-10-/t8-,11?/m0/s1. The molecule has 1 unspecified atom stereocenters. The lowest BCUT2D eigenvalue weighted by Crippen LogP contribution is -2.49. The first-order valence-corrected chi connectivity index (χ1v) is 9.80. The lowest BCUT2D eigenvalue weighted by atomic mass is 10.1. The number of aromatic nitrogens is 1. The first-order valence-electron chi connectivity index (χ1n) is 8.92. The Bertz CT molecular complexity index is 1100. The number of carboxylic acids is 2. The molecule has 0 saturated carbocycles. The number of hydrazine groups is 1. The summed E-state index contributed by atoms with van der Waals surface area (Å²) in [5, 5.41) is 37.3. The van der Waals surface area contributed by atoms with Crippen LogP contribution in [-0.2, 0) is 24.0 Å². The van der Waals surface area contributed by atoms with Gasteiger partial charge in [0.2, 0.25) is 5.60 Å². The van der Waals surface area contributed by atoms with E-state index >= 15 is 0 Å². The van der Waals surface area contributed by atoms with E-state index in [1.165, 1.54) is 30.4 Å². The van der Waals surface area contributed by atoms with Gasteiger partial charge in [0.25, 0.3) is 11.8 Å². The summed E-state index contributed by atoms with van der Waals surface area (Å²) >= 11 is 1.000. The van der Waals surface area contributed by atoms with Gasteiger partial charge in [-0.2, -0.15) is 5.26 Å². The molecule has 0 bridgehead atoms. The first kappa shape index (κ1) is 22.5. The molecule has 2 amide bonds. The maximum atomic E-state index is 12.9. The molecule has 2 atom stereocenters. The summed E-state index contributed by atoms with van der Waals surface area (Å²) in [7, 11) is 0. The number of rotatable bonds is 7. The van der Waals surface area contributed by atoms with Crippen LogP contribution in [-0.4, -0.2) is 78.9 Å². The van der Waals surface area contributed by atoms with E-state index in [-0.39, 0.29) is 22.9 Å². The number of nitrogens with one attached hydrogen (secondary N) is 1. The Morgan fingerprint density at radius 3 is 2.66 bits per heavy atom. The van der Waals surface area contributed by atoms with Crippen LogP contribution in [0.4, 0.5) is 5.13 Å². The summed E-state index contributed by atoms with van der Waals surface area (Å²) in [5.41, 5.74) is 3.27. The molecule has 0 aromatic carbocycles. The second-order valence-corrected chi connectivity index (χ2v) is 8.08. The fourth-order valence-corrected chi connectivity index (χ4v) is 3.40. The SMILES string of the molecule is CC(C)(O/N=C(\C(=O)N[C@H]1CN2C=C(C#N)C(C(=O)O)N2C1=O)c1csc(N)n1)C(=O)O. The molecule has 3 heterocycles. The Morgan fingerprint density at radius 2 is 2.12 bits per heavy atom. The number of nitrogens with two attached hydrogens (primary N) is 1. The molecule has 1 aromatic heterocycles. The fraction of sp³-hybridized carbons (Fsp3) is 0.353. The normalized spacial score (nSPS) is 20.5. The van der Waals surface area contributed by atoms with Crippen LogP contribution in [0.25, 0.3) is 0 Å². The van der Waals surface area contributed by atoms with Gasteiger partial charge in [0.05, 0.1) is 18.2 Å². The average Bonchev–Trinajstić information content (AvgIpc) is 3.37. The number of oxime groups is 1. The van der Waals surface area contributed by atoms with E-state index in [4.69, 9.17) is 15.8 Å². The number of carboxylic acid groups (broad SMARTS) is 2. The van der Waals surface area contributed by atoms with Gasteiger partial charge in [0.15, 0.2) is 16.9 Å². The van der Waals surface area contributed by atoms with Crippen LogP contribution in [0.15, 0.2) is 22.3 Å². The highest BCUT2D eigenvalue weighted by atomic mass is 32.1. The van der Waals surface area contributed by atoms with Crippen molar-refractivity contribution in [3.8, 4) is 6.07 Å². The third kappa shape index (κ3) is 4.03. The highest BCUT2D eigenvalue weighted by Gasteiger charge is 2.50. The maximum Gasteiger partial charge on any atom is 0.350 e. The highest BCUT2D eigenvalue weighted by molar-refractivity contribution is 7.13. The summed E-state index contributed by atoms with van der Waals surface area (Å²) in [4.78, 5) is 57.3. The predicted octanol–water partition coefficient (Wildman–Crippen LogP) is -1.27. The molecule has 32 heavy (non-hydrogen) atoms. The van der Waals surface area contributed by atoms with Gasteiger partial charge < -0.3 is 26.1 Å². The van der Waals surface area contributed by atoms with Gasteiger partial charge in [-0.3, -0.25) is 14.6 Å². The number of nitrogens with zero attached hydrogens (tertiary/aromatic N) is 5. The summed E-state index contributed by atoms with van der Waals surface area (Å²) < 4.78 is 0. The zero-order chi connectivity index (χ0) is 23.8. The number of hydrogen-bond acceptors (Lipinski definition) is 11. The van der Waals surface area contributed by atoms with Crippen molar-refractivity contribution in [2.45, 2.75) is 31.5 Å².